The minimum Gasteiger partial charge on any atom is -0.317 e. The van der Waals surface area contributed by atoms with E-state index in [-0.39, 0.29) is 5.92 Å². The van der Waals surface area contributed by atoms with Gasteiger partial charge in [0.2, 0.25) is 0 Å². The molecule has 4 heteroatoms. The smallest absolute Gasteiger partial charge is 0.317 e. The molecule has 2 unspecified atom stereocenters. The van der Waals surface area contributed by atoms with Crippen LogP contribution in [0.2, 0.25) is 0 Å². The van der Waals surface area contributed by atoms with Crippen LogP contribution in [0.5, 0.6) is 0 Å². The summed E-state index contributed by atoms with van der Waals surface area (Å²) in [5.41, 5.74) is 0.0267. The number of hydrogen-bond donors (Lipinski definition) is 1. The molecule has 0 bridgehead atoms. The average Bonchev–Trinajstić information content (AvgIpc) is 2.83. The molecule has 1 aliphatic carbocycles. The molecule has 0 spiro atoms. The summed E-state index contributed by atoms with van der Waals surface area (Å²) in [7, 11) is 0. The number of benzene rings is 1. The maximum Gasteiger partial charge on any atom is 0.416 e. The molecule has 2 rings (SSSR count). The Hall–Kier alpha value is -1.03. The fourth-order valence-electron chi connectivity index (χ4n) is 3.10. The van der Waals surface area contributed by atoms with Crippen molar-refractivity contribution < 1.29 is 13.2 Å². The molecule has 1 aromatic carbocycles. The van der Waals surface area contributed by atoms with E-state index in [4.69, 9.17) is 0 Å². The maximum atomic E-state index is 13.1. The largest absolute Gasteiger partial charge is 0.416 e. The highest BCUT2D eigenvalue weighted by Crippen LogP contribution is 2.44. The molecule has 1 N–H and O–H groups in total. The average molecular weight is 271 g/mol. The van der Waals surface area contributed by atoms with Gasteiger partial charge in [-0.25, -0.2) is 0 Å². The maximum absolute atomic E-state index is 13.1. The van der Waals surface area contributed by atoms with Gasteiger partial charge in [0.15, 0.2) is 0 Å². The molecule has 1 nitrogen and oxygen atoms in total. The van der Waals surface area contributed by atoms with Crippen LogP contribution in [-0.2, 0) is 6.18 Å². The van der Waals surface area contributed by atoms with Crippen LogP contribution in [0.1, 0.15) is 43.2 Å². The minimum absolute atomic E-state index is 0.0388. The Morgan fingerprint density at radius 3 is 2.63 bits per heavy atom. The van der Waals surface area contributed by atoms with Gasteiger partial charge in [-0.05, 0) is 49.4 Å². The number of alkyl halides is 3. The predicted octanol–water partition coefficient (Wildman–Crippen LogP) is 4.20. The van der Waals surface area contributed by atoms with Crippen LogP contribution in [0.15, 0.2) is 24.3 Å². The fraction of sp³-hybridized carbons (Fsp3) is 0.600. The Morgan fingerprint density at radius 2 is 1.95 bits per heavy atom. The van der Waals surface area contributed by atoms with Crippen molar-refractivity contribution in [2.45, 2.75) is 38.3 Å². The van der Waals surface area contributed by atoms with E-state index in [1.165, 1.54) is 12.1 Å². The Labute approximate surface area is 112 Å². The topological polar surface area (TPSA) is 12.0 Å². The molecule has 0 radical (unpaired) electrons. The SMILES string of the molecule is CCNCC1CCCC1c1ccccc1C(F)(F)F. The molecule has 106 valence electrons. The molecule has 2 atom stereocenters. The fourth-order valence-corrected chi connectivity index (χ4v) is 3.10. The summed E-state index contributed by atoms with van der Waals surface area (Å²) in [5, 5.41) is 3.27. The Morgan fingerprint density at radius 1 is 1.21 bits per heavy atom. The quantitative estimate of drug-likeness (QED) is 0.865. The molecule has 0 saturated heterocycles. The second kappa shape index (κ2) is 5.95. The van der Waals surface area contributed by atoms with Crippen molar-refractivity contribution in [3.63, 3.8) is 0 Å². The molecule has 1 aromatic rings. The second-order valence-electron chi connectivity index (χ2n) is 5.19. The van der Waals surface area contributed by atoms with E-state index in [9.17, 15) is 13.2 Å². The zero-order valence-electron chi connectivity index (χ0n) is 11.1. The number of hydrogen-bond acceptors (Lipinski definition) is 1. The van der Waals surface area contributed by atoms with E-state index in [0.717, 1.165) is 32.4 Å². The highest BCUT2D eigenvalue weighted by molar-refractivity contribution is 5.34. The van der Waals surface area contributed by atoms with Crippen molar-refractivity contribution in [2.24, 2.45) is 5.92 Å². The van der Waals surface area contributed by atoms with Crippen molar-refractivity contribution in [2.75, 3.05) is 13.1 Å². The Kier molecular flexibility index (Phi) is 4.50. The van der Waals surface area contributed by atoms with E-state index in [1.807, 2.05) is 6.92 Å². The van der Waals surface area contributed by atoms with Gasteiger partial charge in [-0.1, -0.05) is 31.5 Å². The van der Waals surface area contributed by atoms with Crippen molar-refractivity contribution in [1.82, 2.24) is 5.32 Å². The summed E-state index contributed by atoms with van der Waals surface area (Å²) >= 11 is 0. The van der Waals surface area contributed by atoms with Gasteiger partial charge in [-0.2, -0.15) is 13.2 Å². The van der Waals surface area contributed by atoms with E-state index < -0.39 is 11.7 Å². The highest BCUT2D eigenvalue weighted by Gasteiger charge is 2.38. The first kappa shape index (κ1) is 14.4. The Balaban J connectivity index is 2.25. The standard InChI is InChI=1S/C15H20F3N/c1-2-19-10-11-6-5-8-12(11)13-7-3-4-9-14(13)15(16,17)18/h3-4,7,9,11-12,19H,2,5-6,8,10H2,1H3. The van der Waals surface area contributed by atoms with E-state index in [0.29, 0.717) is 11.5 Å². The third kappa shape index (κ3) is 3.30. The van der Waals surface area contributed by atoms with Crippen LogP contribution in [0, 0.1) is 5.92 Å². The normalized spacial score (nSPS) is 23.8. The lowest BCUT2D eigenvalue weighted by Gasteiger charge is -2.23. The molecule has 0 heterocycles. The van der Waals surface area contributed by atoms with Crippen LogP contribution < -0.4 is 5.32 Å². The molecule has 0 aromatic heterocycles. The summed E-state index contributed by atoms with van der Waals surface area (Å²) in [6.45, 7) is 3.70. The van der Waals surface area contributed by atoms with Gasteiger partial charge in [0.1, 0.15) is 0 Å². The zero-order chi connectivity index (χ0) is 13.9. The monoisotopic (exact) mass is 271 g/mol. The second-order valence-corrected chi connectivity index (χ2v) is 5.19. The van der Waals surface area contributed by atoms with Gasteiger partial charge in [-0.3, -0.25) is 0 Å². The van der Waals surface area contributed by atoms with Gasteiger partial charge in [0, 0.05) is 0 Å². The lowest BCUT2D eigenvalue weighted by molar-refractivity contribution is -0.138. The molecule has 19 heavy (non-hydrogen) atoms. The third-order valence-corrected chi connectivity index (χ3v) is 3.98. The molecular weight excluding hydrogens is 251 g/mol. The lowest BCUT2D eigenvalue weighted by Crippen LogP contribution is -2.25. The molecule has 1 fully saturated rings. The highest BCUT2D eigenvalue weighted by atomic mass is 19.4. The summed E-state index contributed by atoms with van der Waals surface area (Å²) in [5.74, 6) is 0.361. The summed E-state index contributed by atoms with van der Waals surface area (Å²) in [4.78, 5) is 0. The molecule has 1 saturated carbocycles. The van der Waals surface area contributed by atoms with Crippen molar-refractivity contribution in [3.8, 4) is 0 Å². The first-order chi connectivity index (χ1) is 9.04. The lowest BCUT2D eigenvalue weighted by atomic mass is 9.86. The first-order valence-corrected chi connectivity index (χ1v) is 6.91. The number of nitrogens with one attached hydrogen (secondary N) is 1. The molecule has 0 amide bonds. The number of halogens is 3. The summed E-state index contributed by atoms with van der Waals surface area (Å²) < 4.78 is 39.2. The predicted molar refractivity (Wildman–Crippen MR) is 70.1 cm³/mol. The molecule has 0 aliphatic heterocycles. The zero-order valence-corrected chi connectivity index (χ0v) is 11.1. The van der Waals surface area contributed by atoms with E-state index in [1.54, 1.807) is 12.1 Å². The van der Waals surface area contributed by atoms with Gasteiger partial charge < -0.3 is 5.32 Å². The van der Waals surface area contributed by atoms with Crippen molar-refractivity contribution in [1.29, 1.82) is 0 Å². The van der Waals surface area contributed by atoms with Crippen molar-refractivity contribution in [3.05, 3.63) is 35.4 Å². The van der Waals surface area contributed by atoms with Crippen LogP contribution in [0.3, 0.4) is 0 Å². The van der Waals surface area contributed by atoms with Crippen molar-refractivity contribution >= 4 is 0 Å². The van der Waals surface area contributed by atoms with Gasteiger partial charge in [0.25, 0.3) is 0 Å². The van der Waals surface area contributed by atoms with E-state index >= 15 is 0 Å². The van der Waals surface area contributed by atoms with Crippen LogP contribution in [-0.4, -0.2) is 13.1 Å². The molecular formula is C15H20F3N. The summed E-state index contributed by atoms with van der Waals surface area (Å²) in [6, 6.07) is 6.05. The first-order valence-electron chi connectivity index (χ1n) is 6.91. The molecule has 1 aliphatic rings. The van der Waals surface area contributed by atoms with E-state index in [2.05, 4.69) is 5.32 Å². The van der Waals surface area contributed by atoms with Crippen LogP contribution >= 0.6 is 0 Å². The van der Waals surface area contributed by atoms with Crippen LogP contribution in [0.4, 0.5) is 13.2 Å². The number of rotatable bonds is 4. The van der Waals surface area contributed by atoms with Gasteiger partial charge >= 0.3 is 6.18 Å². The van der Waals surface area contributed by atoms with Crippen LogP contribution in [0.25, 0.3) is 0 Å². The van der Waals surface area contributed by atoms with Gasteiger partial charge in [0.05, 0.1) is 5.56 Å². The summed E-state index contributed by atoms with van der Waals surface area (Å²) in [6.07, 6.45) is -1.35. The minimum atomic E-state index is -4.25. The Bertz CT molecular complexity index is 414. The van der Waals surface area contributed by atoms with Gasteiger partial charge in [-0.15, -0.1) is 0 Å². The third-order valence-electron chi connectivity index (χ3n) is 3.98.